The number of aliphatic imine (C=N–C) groups is 1. The van der Waals surface area contributed by atoms with Gasteiger partial charge in [0.1, 0.15) is 11.4 Å². The molecule has 0 heterocycles. The van der Waals surface area contributed by atoms with Crippen LogP contribution in [0.5, 0.6) is 0 Å². The first-order chi connectivity index (χ1) is 14.2. The van der Waals surface area contributed by atoms with Crippen LogP contribution in [0, 0.1) is 34.6 Å². The minimum atomic E-state index is -0.759. The van der Waals surface area contributed by atoms with Gasteiger partial charge in [0, 0.05) is 16.5 Å². The average molecular weight is 429 g/mol. The number of nitrogens with one attached hydrogen (secondary N) is 1. The Balaban J connectivity index is 1.47. The van der Waals surface area contributed by atoms with Crippen LogP contribution in [-0.4, -0.2) is 23.4 Å². The number of rotatable bonds is 6. The number of hydrogen-bond acceptors (Lipinski definition) is 4. The highest BCUT2D eigenvalue weighted by molar-refractivity contribution is 6.30. The van der Waals surface area contributed by atoms with Gasteiger partial charge in [-0.3, -0.25) is 4.79 Å². The number of nitrogens with two attached hydrogens (primary N) is 1. The summed E-state index contributed by atoms with van der Waals surface area (Å²) in [5, 5.41) is 13.6. The number of nitriles is 1. The van der Waals surface area contributed by atoms with Gasteiger partial charge in [0.15, 0.2) is 0 Å². The Bertz CT molecular complexity index is 873. The van der Waals surface area contributed by atoms with E-state index < -0.39 is 5.60 Å². The van der Waals surface area contributed by atoms with Crippen LogP contribution in [0.1, 0.15) is 51.5 Å². The predicted molar refractivity (Wildman–Crippen MR) is 115 cm³/mol. The van der Waals surface area contributed by atoms with Crippen molar-refractivity contribution < 1.29 is 9.53 Å². The number of halogens is 1. The first kappa shape index (κ1) is 21.1. The van der Waals surface area contributed by atoms with E-state index in [1.807, 2.05) is 44.3 Å². The Labute approximate surface area is 182 Å². The highest BCUT2D eigenvalue weighted by Gasteiger charge is 2.58. The Hall–Kier alpha value is -2.10. The lowest BCUT2D eigenvalue weighted by molar-refractivity contribution is -0.145. The number of primary amides is 1. The lowest BCUT2D eigenvalue weighted by Gasteiger charge is -2.59. The largest absolute Gasteiger partial charge is 0.369 e. The number of amidine groups is 1. The maximum atomic E-state index is 12.2. The van der Waals surface area contributed by atoms with Gasteiger partial charge < -0.3 is 15.8 Å². The molecule has 1 aromatic carbocycles. The van der Waals surface area contributed by atoms with Crippen LogP contribution in [0.3, 0.4) is 0 Å². The van der Waals surface area contributed by atoms with E-state index in [1.165, 1.54) is 0 Å². The summed E-state index contributed by atoms with van der Waals surface area (Å²) in [4.78, 5) is 16.3. The fourth-order valence-electron chi connectivity index (χ4n) is 6.02. The Morgan fingerprint density at radius 1 is 1.30 bits per heavy atom. The summed E-state index contributed by atoms with van der Waals surface area (Å²) in [5.74, 6) is 1.74. The van der Waals surface area contributed by atoms with Crippen molar-refractivity contribution in [1.29, 1.82) is 5.26 Å². The molecule has 3 N–H and O–H groups in total. The minimum Gasteiger partial charge on any atom is -0.369 e. The standard InChI is InChI=1S/C23H29ClN4O2/c1-22(2,30-12-14-3-5-18(24)6-4-14)21(27-13-25)28-19-16-7-15-8-17(19)11-23(9-15,10-16)20(26)29/h3-6,15-17,19H,7-12H2,1-2H3,(H2,26,29)(H,27,28). The third-order valence-electron chi connectivity index (χ3n) is 7.34. The van der Waals surface area contributed by atoms with Gasteiger partial charge in [0.05, 0.1) is 6.61 Å². The zero-order valence-corrected chi connectivity index (χ0v) is 18.3. The molecule has 30 heavy (non-hydrogen) atoms. The Kier molecular flexibility index (Phi) is 5.54. The number of carbonyl (C=O) groups excluding carboxylic acids is 1. The summed E-state index contributed by atoms with van der Waals surface area (Å²) in [5.41, 5.74) is 5.72. The fraction of sp³-hybridized carbons (Fsp3) is 0.609. The number of ether oxygens (including phenoxy) is 1. The minimum absolute atomic E-state index is 0.141. The van der Waals surface area contributed by atoms with E-state index in [4.69, 9.17) is 22.1 Å². The molecule has 4 aliphatic rings. The molecule has 4 bridgehead atoms. The van der Waals surface area contributed by atoms with E-state index in [1.54, 1.807) is 0 Å². The molecular weight excluding hydrogens is 400 g/mol. The SMILES string of the molecule is CC(C)(OCc1ccc(Cl)cc1)/C(=N/C#N)NC1C2CC3CC1CC(C(N)=O)(C3)C2. The molecule has 0 radical (unpaired) electrons. The van der Waals surface area contributed by atoms with Crippen LogP contribution in [0.25, 0.3) is 0 Å². The van der Waals surface area contributed by atoms with Gasteiger partial charge in [-0.2, -0.15) is 10.3 Å². The van der Waals surface area contributed by atoms with Gasteiger partial charge >= 0.3 is 0 Å². The van der Waals surface area contributed by atoms with Crippen LogP contribution in [0.15, 0.2) is 29.3 Å². The van der Waals surface area contributed by atoms with Crippen LogP contribution in [0.4, 0.5) is 0 Å². The number of carbonyl (C=O) groups is 1. The first-order valence-corrected chi connectivity index (χ1v) is 11.0. The Morgan fingerprint density at radius 3 is 2.50 bits per heavy atom. The lowest BCUT2D eigenvalue weighted by Crippen LogP contribution is -2.63. The van der Waals surface area contributed by atoms with Crippen molar-refractivity contribution in [3.8, 4) is 6.19 Å². The molecule has 6 nitrogen and oxygen atoms in total. The molecule has 7 heteroatoms. The summed E-state index contributed by atoms with van der Waals surface area (Å²) in [6.07, 6.45) is 6.75. The van der Waals surface area contributed by atoms with Crippen molar-refractivity contribution in [3.05, 3.63) is 34.9 Å². The second-order valence-corrected chi connectivity index (χ2v) is 10.2. The van der Waals surface area contributed by atoms with Crippen molar-refractivity contribution in [3.63, 3.8) is 0 Å². The zero-order valence-electron chi connectivity index (χ0n) is 17.5. The topological polar surface area (TPSA) is 100 Å². The maximum absolute atomic E-state index is 12.2. The normalized spacial score (nSPS) is 32.7. The highest BCUT2D eigenvalue weighted by Crippen LogP contribution is 2.60. The molecule has 0 aromatic heterocycles. The smallest absolute Gasteiger partial charge is 0.223 e. The van der Waals surface area contributed by atoms with Gasteiger partial charge in [0.25, 0.3) is 0 Å². The van der Waals surface area contributed by atoms with Crippen LogP contribution in [0.2, 0.25) is 5.02 Å². The third kappa shape index (κ3) is 3.93. The van der Waals surface area contributed by atoms with E-state index in [-0.39, 0.29) is 17.4 Å². The predicted octanol–water partition coefficient (Wildman–Crippen LogP) is 3.78. The van der Waals surface area contributed by atoms with E-state index in [0.717, 1.165) is 37.7 Å². The van der Waals surface area contributed by atoms with E-state index >= 15 is 0 Å². The van der Waals surface area contributed by atoms with E-state index in [0.29, 0.717) is 35.2 Å². The van der Waals surface area contributed by atoms with Gasteiger partial charge in [-0.25, -0.2) is 0 Å². The second kappa shape index (κ2) is 7.86. The number of nitrogens with zero attached hydrogens (tertiary/aromatic N) is 2. The van der Waals surface area contributed by atoms with Crippen molar-refractivity contribution >= 4 is 23.3 Å². The van der Waals surface area contributed by atoms with E-state index in [2.05, 4.69) is 10.3 Å². The zero-order chi connectivity index (χ0) is 21.5. The summed E-state index contributed by atoms with van der Waals surface area (Å²) < 4.78 is 6.16. The van der Waals surface area contributed by atoms with Crippen molar-refractivity contribution in [2.45, 2.75) is 64.2 Å². The van der Waals surface area contributed by atoms with Crippen LogP contribution < -0.4 is 11.1 Å². The molecule has 4 aliphatic carbocycles. The molecule has 4 fully saturated rings. The molecule has 4 saturated carbocycles. The van der Waals surface area contributed by atoms with Gasteiger partial charge in [-0.05, 0) is 81.4 Å². The van der Waals surface area contributed by atoms with Crippen LogP contribution >= 0.6 is 11.6 Å². The molecule has 0 aliphatic heterocycles. The van der Waals surface area contributed by atoms with Gasteiger partial charge in [-0.1, -0.05) is 23.7 Å². The van der Waals surface area contributed by atoms with Crippen molar-refractivity contribution in [2.75, 3.05) is 0 Å². The molecule has 0 spiro atoms. The average Bonchev–Trinajstić information content (AvgIpc) is 2.69. The molecule has 2 unspecified atom stereocenters. The fourth-order valence-corrected chi connectivity index (χ4v) is 6.15. The first-order valence-electron chi connectivity index (χ1n) is 10.6. The number of benzene rings is 1. The summed E-state index contributed by atoms with van der Waals surface area (Å²) in [6.45, 7) is 4.24. The Morgan fingerprint density at radius 2 is 1.93 bits per heavy atom. The molecular formula is C23H29ClN4O2. The molecule has 1 aromatic rings. The molecule has 160 valence electrons. The summed E-state index contributed by atoms with van der Waals surface area (Å²) in [6, 6.07) is 7.71. The summed E-state index contributed by atoms with van der Waals surface area (Å²) >= 11 is 5.96. The van der Waals surface area contributed by atoms with Crippen molar-refractivity contribution in [2.24, 2.45) is 33.9 Å². The van der Waals surface area contributed by atoms with Gasteiger partial charge in [-0.15, -0.1) is 0 Å². The van der Waals surface area contributed by atoms with Gasteiger partial charge in [0.2, 0.25) is 12.1 Å². The molecule has 5 rings (SSSR count). The molecule has 0 saturated heterocycles. The summed E-state index contributed by atoms with van der Waals surface area (Å²) in [7, 11) is 0. The monoisotopic (exact) mass is 428 g/mol. The molecule has 1 amide bonds. The number of amides is 1. The molecule has 2 atom stereocenters. The van der Waals surface area contributed by atoms with Crippen LogP contribution in [-0.2, 0) is 16.1 Å². The van der Waals surface area contributed by atoms with Crippen molar-refractivity contribution in [1.82, 2.24) is 5.32 Å². The second-order valence-electron chi connectivity index (χ2n) is 9.77. The van der Waals surface area contributed by atoms with E-state index in [9.17, 15) is 10.1 Å². The highest BCUT2D eigenvalue weighted by atomic mass is 35.5. The lowest BCUT2D eigenvalue weighted by atomic mass is 9.47. The number of hydrogen-bond donors (Lipinski definition) is 2. The maximum Gasteiger partial charge on any atom is 0.223 e. The third-order valence-corrected chi connectivity index (χ3v) is 7.60. The quantitative estimate of drug-likeness (QED) is 0.409.